The molecule has 0 saturated carbocycles. The van der Waals surface area contributed by atoms with Crippen LogP contribution in [0, 0.1) is 0 Å². The standard InChI is InChI=1S/C9H13NO3S/c10-8(9(11)12)5-13-3-1-7-2-4-14-6-7/h2,4,6,8H,1,3,5,10H2,(H,11,12)/p+1/t8-/m1/s1. The predicted octanol–water partition coefficient (Wildman–Crippen LogP) is 0.00230. The van der Waals surface area contributed by atoms with Gasteiger partial charge < -0.3 is 15.6 Å². The summed E-state index contributed by atoms with van der Waals surface area (Å²) in [7, 11) is 0. The second-order valence-electron chi connectivity index (χ2n) is 2.99. The zero-order chi connectivity index (χ0) is 10.4. The highest BCUT2D eigenvalue weighted by atomic mass is 32.1. The summed E-state index contributed by atoms with van der Waals surface area (Å²) in [4.78, 5) is 10.4. The van der Waals surface area contributed by atoms with Crippen molar-refractivity contribution in [3.05, 3.63) is 22.4 Å². The Balaban J connectivity index is 2.08. The van der Waals surface area contributed by atoms with Gasteiger partial charge in [0.2, 0.25) is 6.04 Å². The summed E-state index contributed by atoms with van der Waals surface area (Å²) < 4.78 is 5.19. The SMILES string of the molecule is [NH3+][C@H](COCCc1ccsc1)C(=O)O. The fraction of sp³-hybridized carbons (Fsp3) is 0.444. The normalized spacial score (nSPS) is 12.6. The molecule has 0 amide bonds. The number of hydrogen-bond acceptors (Lipinski definition) is 3. The number of ether oxygens (including phenoxy) is 1. The van der Waals surface area contributed by atoms with Crippen LogP contribution in [0.25, 0.3) is 0 Å². The minimum absolute atomic E-state index is 0.180. The van der Waals surface area contributed by atoms with E-state index >= 15 is 0 Å². The van der Waals surface area contributed by atoms with Crippen molar-refractivity contribution in [2.75, 3.05) is 13.2 Å². The van der Waals surface area contributed by atoms with Gasteiger partial charge in [0, 0.05) is 0 Å². The van der Waals surface area contributed by atoms with E-state index in [1.807, 2.05) is 11.4 Å². The van der Waals surface area contributed by atoms with E-state index in [4.69, 9.17) is 9.84 Å². The van der Waals surface area contributed by atoms with Crippen LogP contribution in [0.2, 0.25) is 0 Å². The number of carboxylic acids is 1. The third-order valence-corrected chi connectivity index (χ3v) is 2.52. The van der Waals surface area contributed by atoms with Crippen molar-refractivity contribution in [2.45, 2.75) is 12.5 Å². The van der Waals surface area contributed by atoms with Crippen LogP contribution in [0.3, 0.4) is 0 Å². The van der Waals surface area contributed by atoms with Gasteiger partial charge >= 0.3 is 5.97 Å². The maximum absolute atomic E-state index is 10.4. The summed E-state index contributed by atoms with van der Waals surface area (Å²) in [6.45, 7) is 0.732. The first-order valence-corrected chi connectivity index (χ1v) is 5.29. The molecule has 1 atom stereocenters. The molecule has 0 radical (unpaired) electrons. The van der Waals surface area contributed by atoms with Gasteiger partial charge in [-0.2, -0.15) is 11.3 Å². The monoisotopic (exact) mass is 216 g/mol. The first-order valence-electron chi connectivity index (χ1n) is 4.35. The highest BCUT2D eigenvalue weighted by Gasteiger charge is 2.14. The molecule has 1 heterocycles. The maximum atomic E-state index is 10.4. The molecule has 4 N–H and O–H groups in total. The largest absolute Gasteiger partial charge is 0.477 e. The Morgan fingerprint density at radius 1 is 1.71 bits per heavy atom. The molecule has 0 aliphatic rings. The summed E-state index contributed by atoms with van der Waals surface area (Å²) in [5, 5.41) is 12.6. The van der Waals surface area contributed by atoms with Crippen LogP contribution in [-0.4, -0.2) is 30.3 Å². The predicted molar refractivity (Wildman–Crippen MR) is 53.2 cm³/mol. The van der Waals surface area contributed by atoms with E-state index in [0.717, 1.165) is 6.42 Å². The molecule has 1 aromatic heterocycles. The molecule has 1 aromatic rings. The van der Waals surface area contributed by atoms with E-state index < -0.39 is 12.0 Å². The van der Waals surface area contributed by atoms with Crippen LogP contribution in [0.15, 0.2) is 16.8 Å². The van der Waals surface area contributed by atoms with Crippen molar-refractivity contribution < 1.29 is 20.4 Å². The second-order valence-corrected chi connectivity index (χ2v) is 3.77. The maximum Gasteiger partial charge on any atom is 0.364 e. The average Bonchev–Trinajstić information content (AvgIpc) is 2.64. The van der Waals surface area contributed by atoms with Crippen molar-refractivity contribution in [1.29, 1.82) is 0 Å². The Morgan fingerprint density at radius 3 is 3.07 bits per heavy atom. The van der Waals surface area contributed by atoms with Crippen molar-refractivity contribution in [2.24, 2.45) is 0 Å². The van der Waals surface area contributed by atoms with E-state index in [0.29, 0.717) is 6.61 Å². The van der Waals surface area contributed by atoms with Crippen LogP contribution in [0.5, 0.6) is 0 Å². The molecule has 14 heavy (non-hydrogen) atoms. The molecular formula is C9H14NO3S+. The van der Waals surface area contributed by atoms with Crippen molar-refractivity contribution in [3.8, 4) is 0 Å². The Hall–Kier alpha value is -0.910. The van der Waals surface area contributed by atoms with Crippen LogP contribution in [0.1, 0.15) is 5.56 Å². The first kappa shape index (κ1) is 11.2. The lowest BCUT2D eigenvalue weighted by molar-refractivity contribution is -0.414. The molecule has 1 rings (SSSR count). The third-order valence-electron chi connectivity index (χ3n) is 1.78. The molecule has 0 aromatic carbocycles. The lowest BCUT2D eigenvalue weighted by atomic mass is 10.2. The number of hydrogen-bond donors (Lipinski definition) is 2. The van der Waals surface area contributed by atoms with Gasteiger partial charge in [-0.3, -0.25) is 0 Å². The van der Waals surface area contributed by atoms with Gasteiger partial charge in [0.15, 0.2) is 0 Å². The van der Waals surface area contributed by atoms with E-state index in [1.165, 1.54) is 5.56 Å². The van der Waals surface area contributed by atoms with E-state index in [2.05, 4.69) is 11.1 Å². The molecule has 0 aliphatic heterocycles. The van der Waals surface area contributed by atoms with Crippen LogP contribution >= 0.6 is 11.3 Å². The van der Waals surface area contributed by atoms with Gasteiger partial charge in [0.05, 0.1) is 6.61 Å². The Morgan fingerprint density at radius 2 is 2.50 bits per heavy atom. The highest BCUT2D eigenvalue weighted by molar-refractivity contribution is 7.07. The molecule has 4 nitrogen and oxygen atoms in total. The number of rotatable bonds is 6. The molecule has 0 fully saturated rings. The zero-order valence-electron chi connectivity index (χ0n) is 7.81. The van der Waals surface area contributed by atoms with E-state index in [1.54, 1.807) is 11.3 Å². The Kier molecular flexibility index (Phi) is 4.58. The lowest BCUT2D eigenvalue weighted by Gasteiger charge is -2.04. The van der Waals surface area contributed by atoms with Gasteiger partial charge in [0.25, 0.3) is 0 Å². The fourth-order valence-corrected chi connectivity index (χ4v) is 1.62. The van der Waals surface area contributed by atoms with Crippen molar-refractivity contribution in [3.63, 3.8) is 0 Å². The molecule has 0 saturated heterocycles. The highest BCUT2D eigenvalue weighted by Crippen LogP contribution is 2.06. The minimum atomic E-state index is -0.916. The topological polar surface area (TPSA) is 74.2 Å². The summed E-state index contributed by atoms with van der Waals surface area (Å²) in [6, 6.07) is 1.37. The Bertz CT molecular complexity index is 274. The van der Waals surface area contributed by atoms with Crippen molar-refractivity contribution >= 4 is 17.3 Å². The number of quaternary nitrogens is 1. The molecule has 5 heteroatoms. The molecular weight excluding hydrogens is 202 g/mol. The number of carboxylic acid groups (broad SMARTS) is 1. The quantitative estimate of drug-likeness (QED) is 0.657. The van der Waals surface area contributed by atoms with E-state index in [9.17, 15) is 4.79 Å². The van der Waals surface area contributed by atoms with Crippen molar-refractivity contribution in [1.82, 2.24) is 0 Å². The van der Waals surface area contributed by atoms with Crippen LogP contribution in [0.4, 0.5) is 0 Å². The fourth-order valence-electron chi connectivity index (χ4n) is 0.922. The van der Waals surface area contributed by atoms with Gasteiger partial charge in [0.1, 0.15) is 6.61 Å². The van der Waals surface area contributed by atoms with Gasteiger partial charge in [-0.1, -0.05) is 0 Å². The smallest absolute Gasteiger partial charge is 0.364 e. The van der Waals surface area contributed by atoms with Gasteiger partial charge in [-0.25, -0.2) is 4.79 Å². The summed E-state index contributed by atoms with van der Waals surface area (Å²) in [5.41, 5.74) is 4.68. The lowest BCUT2D eigenvalue weighted by Crippen LogP contribution is -2.67. The van der Waals surface area contributed by atoms with Gasteiger partial charge in [-0.15, -0.1) is 0 Å². The minimum Gasteiger partial charge on any atom is -0.477 e. The van der Waals surface area contributed by atoms with E-state index in [-0.39, 0.29) is 6.61 Å². The summed E-state index contributed by atoms with van der Waals surface area (Å²) >= 11 is 1.65. The zero-order valence-corrected chi connectivity index (χ0v) is 8.63. The average molecular weight is 216 g/mol. The molecule has 78 valence electrons. The molecule has 0 spiro atoms. The Labute approximate surface area is 86.3 Å². The molecule has 0 aliphatic carbocycles. The van der Waals surface area contributed by atoms with Gasteiger partial charge in [-0.05, 0) is 28.8 Å². The van der Waals surface area contributed by atoms with Crippen LogP contribution < -0.4 is 5.73 Å². The first-order chi connectivity index (χ1) is 6.70. The number of thiophene rings is 1. The summed E-state index contributed by atoms with van der Waals surface area (Å²) in [5.74, 6) is -0.916. The third kappa shape index (κ3) is 3.87. The van der Waals surface area contributed by atoms with Crippen LogP contribution in [-0.2, 0) is 16.0 Å². The summed E-state index contributed by atoms with van der Waals surface area (Å²) in [6.07, 6.45) is 0.829. The molecule has 0 unspecified atom stereocenters. The number of carbonyl (C=O) groups is 1. The number of aliphatic carboxylic acids is 1. The second kappa shape index (κ2) is 5.74. The molecule has 0 bridgehead atoms.